The molecule has 0 atom stereocenters. The highest BCUT2D eigenvalue weighted by Crippen LogP contribution is 2.30. The molecule has 2 aromatic heterocycles. The number of pyridine rings is 1. The molecule has 7 heteroatoms. The summed E-state index contributed by atoms with van der Waals surface area (Å²) in [5, 5.41) is 3.77. The molecule has 0 saturated carbocycles. The van der Waals surface area contributed by atoms with Crippen molar-refractivity contribution in [3.05, 3.63) is 71.5 Å². The van der Waals surface area contributed by atoms with Gasteiger partial charge in [0.15, 0.2) is 5.15 Å². The predicted molar refractivity (Wildman–Crippen MR) is 108 cm³/mol. The number of thiazole rings is 1. The Morgan fingerprint density at radius 3 is 3.04 bits per heavy atom. The van der Waals surface area contributed by atoms with Gasteiger partial charge >= 0.3 is 0 Å². The smallest absolute Gasteiger partial charge is 0.264 e. The zero-order valence-electron chi connectivity index (χ0n) is 13.6. The zero-order valence-corrected chi connectivity index (χ0v) is 16.0. The van der Waals surface area contributed by atoms with Crippen molar-refractivity contribution in [1.29, 1.82) is 0 Å². The topological polar surface area (TPSA) is 54.9 Å². The summed E-state index contributed by atoms with van der Waals surface area (Å²) < 4.78 is 0. The van der Waals surface area contributed by atoms with E-state index in [2.05, 4.69) is 28.4 Å². The first-order chi connectivity index (χ1) is 12.1. The molecule has 2 heterocycles. The van der Waals surface area contributed by atoms with Crippen LogP contribution in [0.15, 0.2) is 61.5 Å². The van der Waals surface area contributed by atoms with E-state index in [0.29, 0.717) is 16.4 Å². The van der Waals surface area contributed by atoms with Crippen LogP contribution in [-0.2, 0) is 0 Å². The first-order valence-electron chi connectivity index (χ1n) is 7.51. The molecule has 1 amide bonds. The Morgan fingerprint density at radius 2 is 2.32 bits per heavy atom. The molecule has 4 nitrogen and oxygen atoms in total. The average Bonchev–Trinajstić information content (AvgIpc) is 3.02. The van der Waals surface area contributed by atoms with Gasteiger partial charge in [0.2, 0.25) is 0 Å². The number of thioether (sulfide) groups is 1. The van der Waals surface area contributed by atoms with Crippen LogP contribution in [0.5, 0.6) is 0 Å². The molecule has 0 aliphatic carbocycles. The molecule has 25 heavy (non-hydrogen) atoms. The SMILES string of the molecule is C=C/C=C\C(=C)CSCCNC(=O)c1sc(-c2cccnc2)nc1Cl. The number of hydrogen-bond acceptors (Lipinski definition) is 5. The third kappa shape index (κ3) is 6.16. The number of halogens is 1. The molecule has 2 aromatic rings. The number of amides is 1. The summed E-state index contributed by atoms with van der Waals surface area (Å²) in [6.45, 7) is 8.12. The van der Waals surface area contributed by atoms with Crippen LogP contribution in [0.2, 0.25) is 5.15 Å². The van der Waals surface area contributed by atoms with Gasteiger partial charge < -0.3 is 5.32 Å². The molecule has 2 rings (SSSR count). The number of nitrogens with zero attached hydrogens (tertiary/aromatic N) is 2. The van der Waals surface area contributed by atoms with Gasteiger partial charge in [0.25, 0.3) is 5.91 Å². The van der Waals surface area contributed by atoms with Crippen LogP contribution < -0.4 is 5.32 Å². The molecule has 0 spiro atoms. The fraction of sp³-hybridized carbons (Fsp3) is 0.167. The van der Waals surface area contributed by atoms with Crippen molar-refractivity contribution in [1.82, 2.24) is 15.3 Å². The van der Waals surface area contributed by atoms with Gasteiger partial charge in [0.05, 0.1) is 0 Å². The van der Waals surface area contributed by atoms with Crippen LogP contribution in [0.1, 0.15) is 9.67 Å². The van der Waals surface area contributed by atoms with E-state index in [1.807, 2.05) is 24.3 Å². The summed E-state index contributed by atoms with van der Waals surface area (Å²) >= 11 is 9.07. The van der Waals surface area contributed by atoms with Crippen LogP contribution in [0.25, 0.3) is 10.6 Å². The standard InChI is InChI=1S/C18H18ClN3OS2/c1-3-4-6-13(2)12-24-10-9-21-17(23)15-16(19)22-18(25-15)14-7-5-8-20-11-14/h3-8,11H,1-2,9-10,12H2,(H,21,23)/b6-4-. The normalized spacial score (nSPS) is 10.8. The van der Waals surface area contributed by atoms with E-state index in [-0.39, 0.29) is 11.1 Å². The summed E-state index contributed by atoms with van der Waals surface area (Å²) in [6, 6.07) is 3.70. The van der Waals surface area contributed by atoms with Gasteiger partial charge in [0, 0.05) is 36.0 Å². The van der Waals surface area contributed by atoms with Gasteiger partial charge in [-0.25, -0.2) is 4.98 Å². The highest BCUT2D eigenvalue weighted by molar-refractivity contribution is 7.99. The van der Waals surface area contributed by atoms with Crippen molar-refractivity contribution < 1.29 is 4.79 Å². The highest BCUT2D eigenvalue weighted by Gasteiger charge is 2.17. The number of aromatic nitrogens is 2. The summed E-state index contributed by atoms with van der Waals surface area (Å²) in [4.78, 5) is 21.0. The Labute approximate surface area is 160 Å². The van der Waals surface area contributed by atoms with E-state index in [9.17, 15) is 4.79 Å². The maximum atomic E-state index is 12.3. The van der Waals surface area contributed by atoms with Gasteiger partial charge in [-0.2, -0.15) is 11.8 Å². The fourth-order valence-corrected chi connectivity index (χ4v) is 3.78. The van der Waals surface area contributed by atoms with Gasteiger partial charge in [-0.1, -0.05) is 43.0 Å². The molecule has 0 unspecified atom stereocenters. The molecule has 0 aliphatic rings. The lowest BCUT2D eigenvalue weighted by atomic mass is 10.3. The van der Waals surface area contributed by atoms with Gasteiger partial charge in [-0.05, 0) is 17.7 Å². The maximum absolute atomic E-state index is 12.3. The van der Waals surface area contributed by atoms with Crippen LogP contribution >= 0.6 is 34.7 Å². The summed E-state index contributed by atoms with van der Waals surface area (Å²) in [5.41, 5.74) is 1.86. The lowest BCUT2D eigenvalue weighted by molar-refractivity contribution is 0.0960. The number of allylic oxidation sites excluding steroid dienone is 3. The Balaban J connectivity index is 1.81. The van der Waals surface area contributed by atoms with Crippen molar-refractivity contribution in [2.45, 2.75) is 0 Å². The zero-order chi connectivity index (χ0) is 18.1. The summed E-state index contributed by atoms with van der Waals surface area (Å²) in [6.07, 6.45) is 8.88. The molecular formula is C18H18ClN3OS2. The molecule has 0 radical (unpaired) electrons. The third-order valence-electron chi connectivity index (χ3n) is 2.99. The van der Waals surface area contributed by atoms with Crippen molar-refractivity contribution >= 4 is 40.6 Å². The van der Waals surface area contributed by atoms with Crippen molar-refractivity contribution in [3.63, 3.8) is 0 Å². The minimum atomic E-state index is -0.205. The quantitative estimate of drug-likeness (QED) is 0.500. The van der Waals surface area contributed by atoms with E-state index in [1.54, 1.807) is 30.2 Å². The second-order valence-corrected chi connectivity index (χ2v) is 7.40. The van der Waals surface area contributed by atoms with Gasteiger partial charge in [0.1, 0.15) is 9.88 Å². The lowest BCUT2D eigenvalue weighted by Crippen LogP contribution is -2.25. The molecule has 0 aliphatic heterocycles. The number of carbonyl (C=O) groups excluding carboxylic acids is 1. The van der Waals surface area contributed by atoms with E-state index in [4.69, 9.17) is 11.6 Å². The van der Waals surface area contributed by atoms with Crippen molar-refractivity contribution in [2.24, 2.45) is 0 Å². The van der Waals surface area contributed by atoms with Crippen LogP contribution in [0.4, 0.5) is 0 Å². The second-order valence-electron chi connectivity index (χ2n) is 4.94. The van der Waals surface area contributed by atoms with E-state index in [0.717, 1.165) is 22.6 Å². The van der Waals surface area contributed by atoms with Crippen LogP contribution in [0, 0.1) is 0 Å². The second kappa shape index (κ2) is 10.2. The van der Waals surface area contributed by atoms with Crippen LogP contribution in [-0.4, -0.2) is 33.9 Å². The number of rotatable bonds is 9. The number of carbonyl (C=O) groups is 1. The summed E-state index contributed by atoms with van der Waals surface area (Å²) in [5.74, 6) is 1.40. The predicted octanol–water partition coefficient (Wildman–Crippen LogP) is 4.62. The fourth-order valence-electron chi connectivity index (χ4n) is 1.83. The van der Waals surface area contributed by atoms with Crippen molar-refractivity contribution in [3.8, 4) is 10.6 Å². The first-order valence-corrected chi connectivity index (χ1v) is 9.86. The Morgan fingerprint density at radius 1 is 1.48 bits per heavy atom. The van der Waals surface area contributed by atoms with Crippen LogP contribution in [0.3, 0.4) is 0 Å². The minimum Gasteiger partial charge on any atom is -0.350 e. The van der Waals surface area contributed by atoms with Gasteiger partial charge in [-0.15, -0.1) is 11.3 Å². The molecule has 0 aromatic carbocycles. The number of hydrogen-bond donors (Lipinski definition) is 1. The first kappa shape index (κ1) is 19.4. The molecule has 1 N–H and O–H groups in total. The minimum absolute atomic E-state index is 0.205. The van der Waals surface area contributed by atoms with E-state index >= 15 is 0 Å². The highest BCUT2D eigenvalue weighted by atomic mass is 35.5. The Bertz CT molecular complexity index is 772. The molecular weight excluding hydrogens is 374 g/mol. The molecule has 130 valence electrons. The monoisotopic (exact) mass is 391 g/mol. The third-order valence-corrected chi connectivity index (χ3v) is 5.54. The molecule has 0 fully saturated rings. The largest absolute Gasteiger partial charge is 0.350 e. The van der Waals surface area contributed by atoms with E-state index < -0.39 is 0 Å². The van der Waals surface area contributed by atoms with Crippen molar-refractivity contribution in [2.75, 3.05) is 18.1 Å². The Hall–Kier alpha value is -1.89. The molecule has 0 bridgehead atoms. The average molecular weight is 392 g/mol. The lowest BCUT2D eigenvalue weighted by Gasteiger charge is -2.04. The molecule has 0 saturated heterocycles. The Kier molecular flexibility index (Phi) is 7.91. The summed E-state index contributed by atoms with van der Waals surface area (Å²) in [7, 11) is 0. The van der Waals surface area contributed by atoms with Gasteiger partial charge in [-0.3, -0.25) is 9.78 Å². The number of nitrogens with one attached hydrogen (secondary N) is 1. The maximum Gasteiger partial charge on any atom is 0.264 e. The van der Waals surface area contributed by atoms with E-state index in [1.165, 1.54) is 11.3 Å².